The van der Waals surface area contributed by atoms with Gasteiger partial charge in [-0.2, -0.15) is 0 Å². The van der Waals surface area contributed by atoms with Crippen molar-refractivity contribution in [3.05, 3.63) is 58.4 Å². The molecule has 1 heterocycles. The second kappa shape index (κ2) is 8.49. The van der Waals surface area contributed by atoms with Gasteiger partial charge < -0.3 is 10.1 Å². The molecule has 7 heteroatoms. The van der Waals surface area contributed by atoms with E-state index in [2.05, 4.69) is 10.6 Å². The molecule has 2 N–H and O–H groups in total. The van der Waals surface area contributed by atoms with Gasteiger partial charge in [0.1, 0.15) is 10.6 Å². The highest BCUT2D eigenvalue weighted by Crippen LogP contribution is 2.35. The standard InChI is InChI=1S/C19H17ClN2O2S2/c1-2-10-24-13-7-5-6-12(11-13)21-19(25)22-18(23)17-16(20)14-8-3-4-9-15(14)26-17/h3-9,11H,2,10H2,1H3,(H2,21,22,23,25). The Kier molecular flexibility index (Phi) is 6.08. The third-order valence-electron chi connectivity index (χ3n) is 3.53. The molecular weight excluding hydrogens is 388 g/mol. The highest BCUT2D eigenvalue weighted by atomic mass is 35.5. The number of benzene rings is 2. The van der Waals surface area contributed by atoms with Crippen molar-refractivity contribution in [2.24, 2.45) is 0 Å². The molecule has 0 radical (unpaired) electrons. The highest BCUT2D eigenvalue weighted by Gasteiger charge is 2.17. The molecule has 2 aromatic carbocycles. The Morgan fingerprint density at radius 2 is 2.04 bits per heavy atom. The van der Waals surface area contributed by atoms with Gasteiger partial charge >= 0.3 is 0 Å². The number of anilines is 1. The zero-order valence-electron chi connectivity index (χ0n) is 14.0. The second-order valence-electron chi connectivity index (χ2n) is 5.53. The summed E-state index contributed by atoms with van der Waals surface area (Å²) in [5.41, 5.74) is 0.742. The van der Waals surface area contributed by atoms with Crippen LogP contribution in [0.4, 0.5) is 5.69 Å². The summed E-state index contributed by atoms with van der Waals surface area (Å²) in [6, 6.07) is 15.0. The van der Waals surface area contributed by atoms with Crippen molar-refractivity contribution < 1.29 is 9.53 Å². The van der Waals surface area contributed by atoms with Gasteiger partial charge in [0.2, 0.25) is 0 Å². The average molecular weight is 405 g/mol. The van der Waals surface area contributed by atoms with E-state index in [0.717, 1.165) is 27.9 Å². The summed E-state index contributed by atoms with van der Waals surface area (Å²) in [6.45, 7) is 2.70. The van der Waals surface area contributed by atoms with Crippen LogP contribution in [0.2, 0.25) is 5.02 Å². The first-order chi connectivity index (χ1) is 12.6. The van der Waals surface area contributed by atoms with Gasteiger partial charge in [-0.1, -0.05) is 42.8 Å². The number of ether oxygens (including phenoxy) is 1. The van der Waals surface area contributed by atoms with Crippen molar-refractivity contribution in [1.82, 2.24) is 5.32 Å². The number of amides is 1. The van der Waals surface area contributed by atoms with E-state index < -0.39 is 0 Å². The molecule has 0 bridgehead atoms. The first-order valence-electron chi connectivity index (χ1n) is 8.10. The maximum Gasteiger partial charge on any atom is 0.269 e. The summed E-state index contributed by atoms with van der Waals surface area (Å²) >= 11 is 12.9. The van der Waals surface area contributed by atoms with E-state index >= 15 is 0 Å². The quantitative estimate of drug-likeness (QED) is 0.553. The molecule has 1 aromatic heterocycles. The van der Waals surface area contributed by atoms with Crippen LogP contribution in [0, 0.1) is 0 Å². The van der Waals surface area contributed by atoms with Crippen LogP contribution < -0.4 is 15.4 Å². The van der Waals surface area contributed by atoms with E-state index in [-0.39, 0.29) is 11.0 Å². The molecule has 0 aliphatic carbocycles. The maximum atomic E-state index is 12.5. The number of thiophene rings is 1. The molecule has 0 atom stereocenters. The van der Waals surface area contributed by atoms with Crippen molar-refractivity contribution in [2.75, 3.05) is 11.9 Å². The molecule has 4 nitrogen and oxygen atoms in total. The Labute approximate surface area is 166 Å². The molecule has 0 fully saturated rings. The predicted molar refractivity (Wildman–Crippen MR) is 113 cm³/mol. The minimum Gasteiger partial charge on any atom is -0.494 e. The number of carbonyl (C=O) groups is 1. The Morgan fingerprint density at radius 1 is 1.23 bits per heavy atom. The van der Waals surface area contributed by atoms with Crippen molar-refractivity contribution in [3.8, 4) is 5.75 Å². The van der Waals surface area contributed by atoms with E-state index in [1.807, 2.05) is 55.5 Å². The minimum atomic E-state index is -0.327. The Morgan fingerprint density at radius 3 is 2.81 bits per heavy atom. The molecule has 26 heavy (non-hydrogen) atoms. The predicted octanol–water partition coefficient (Wildman–Crippen LogP) is 5.47. The van der Waals surface area contributed by atoms with Crippen molar-refractivity contribution in [2.45, 2.75) is 13.3 Å². The number of rotatable bonds is 5. The van der Waals surface area contributed by atoms with Gasteiger partial charge in [0, 0.05) is 21.8 Å². The van der Waals surface area contributed by atoms with Crippen LogP contribution >= 0.6 is 35.2 Å². The molecule has 0 saturated heterocycles. The summed E-state index contributed by atoms with van der Waals surface area (Å²) in [7, 11) is 0. The number of fused-ring (bicyclic) bond motifs is 1. The normalized spacial score (nSPS) is 10.5. The molecular formula is C19H17ClN2O2S2. The van der Waals surface area contributed by atoms with Gasteiger partial charge in [0.15, 0.2) is 5.11 Å². The van der Waals surface area contributed by atoms with Gasteiger partial charge in [-0.3, -0.25) is 10.1 Å². The average Bonchev–Trinajstić information content (AvgIpc) is 2.97. The van der Waals surface area contributed by atoms with Crippen LogP contribution in [0.15, 0.2) is 48.5 Å². The number of hydrogen-bond donors (Lipinski definition) is 2. The van der Waals surface area contributed by atoms with Crippen molar-refractivity contribution in [3.63, 3.8) is 0 Å². The van der Waals surface area contributed by atoms with Crippen LogP contribution in [-0.2, 0) is 0 Å². The number of hydrogen-bond acceptors (Lipinski definition) is 4. The lowest BCUT2D eigenvalue weighted by Gasteiger charge is -2.11. The molecule has 0 aliphatic heterocycles. The highest BCUT2D eigenvalue weighted by molar-refractivity contribution is 7.80. The summed E-state index contributed by atoms with van der Waals surface area (Å²) in [5, 5.41) is 7.18. The van der Waals surface area contributed by atoms with Crippen LogP contribution in [0.3, 0.4) is 0 Å². The summed E-state index contributed by atoms with van der Waals surface area (Å²) in [4.78, 5) is 12.9. The summed E-state index contributed by atoms with van der Waals surface area (Å²) < 4.78 is 6.55. The van der Waals surface area contributed by atoms with Gasteiger partial charge in [-0.25, -0.2) is 0 Å². The van der Waals surface area contributed by atoms with Crippen LogP contribution in [0.1, 0.15) is 23.0 Å². The van der Waals surface area contributed by atoms with Crippen molar-refractivity contribution >= 4 is 61.9 Å². The molecule has 3 aromatic rings. The van der Waals surface area contributed by atoms with Crippen molar-refractivity contribution in [1.29, 1.82) is 0 Å². The largest absolute Gasteiger partial charge is 0.494 e. The Hall–Kier alpha value is -2.15. The molecule has 1 amide bonds. The number of thiocarbonyl (C=S) groups is 1. The van der Waals surface area contributed by atoms with Gasteiger partial charge in [-0.05, 0) is 36.8 Å². The smallest absolute Gasteiger partial charge is 0.269 e. The van der Waals surface area contributed by atoms with Crippen LogP contribution in [-0.4, -0.2) is 17.6 Å². The zero-order chi connectivity index (χ0) is 18.5. The molecule has 0 saturated carbocycles. The maximum absolute atomic E-state index is 12.5. The Balaban J connectivity index is 1.67. The first-order valence-corrected chi connectivity index (χ1v) is 9.71. The molecule has 0 spiro atoms. The van der Waals surface area contributed by atoms with Crippen LogP contribution in [0.25, 0.3) is 10.1 Å². The number of carbonyl (C=O) groups excluding carboxylic acids is 1. The monoisotopic (exact) mass is 404 g/mol. The van der Waals surface area contributed by atoms with Gasteiger partial charge in [-0.15, -0.1) is 11.3 Å². The number of nitrogens with one attached hydrogen (secondary N) is 2. The summed E-state index contributed by atoms with van der Waals surface area (Å²) in [5.74, 6) is 0.422. The molecule has 0 unspecified atom stereocenters. The number of halogens is 1. The van der Waals surface area contributed by atoms with Gasteiger partial charge in [0.25, 0.3) is 5.91 Å². The molecule has 134 valence electrons. The van der Waals surface area contributed by atoms with E-state index in [1.54, 1.807) is 0 Å². The lowest BCUT2D eigenvalue weighted by Crippen LogP contribution is -2.33. The fourth-order valence-corrected chi connectivity index (χ4v) is 3.99. The van der Waals surface area contributed by atoms with Gasteiger partial charge in [0.05, 0.1) is 11.6 Å². The molecule has 0 aliphatic rings. The molecule has 3 rings (SSSR count). The zero-order valence-corrected chi connectivity index (χ0v) is 16.4. The van der Waals surface area contributed by atoms with Crippen LogP contribution in [0.5, 0.6) is 5.75 Å². The minimum absolute atomic E-state index is 0.205. The Bertz CT molecular complexity index is 956. The first kappa shape index (κ1) is 18.6. The SMILES string of the molecule is CCCOc1cccc(NC(=S)NC(=O)c2sc3ccccc3c2Cl)c1. The second-order valence-corrected chi connectivity index (χ2v) is 7.36. The fraction of sp³-hybridized carbons (Fsp3) is 0.158. The lowest BCUT2D eigenvalue weighted by atomic mass is 10.2. The van der Waals surface area contributed by atoms with E-state index in [0.29, 0.717) is 16.5 Å². The lowest BCUT2D eigenvalue weighted by molar-refractivity contribution is 0.0982. The third-order valence-corrected chi connectivity index (χ3v) is 5.41. The fourth-order valence-electron chi connectivity index (χ4n) is 2.37. The van der Waals surface area contributed by atoms with E-state index in [9.17, 15) is 4.79 Å². The van der Waals surface area contributed by atoms with E-state index in [1.165, 1.54) is 11.3 Å². The van der Waals surface area contributed by atoms with E-state index in [4.69, 9.17) is 28.6 Å². The topological polar surface area (TPSA) is 50.4 Å². The summed E-state index contributed by atoms with van der Waals surface area (Å²) in [6.07, 6.45) is 0.933. The third kappa shape index (κ3) is 4.33.